The Morgan fingerprint density at radius 1 is 0.571 bits per heavy atom. The summed E-state index contributed by atoms with van der Waals surface area (Å²) >= 11 is 0. The van der Waals surface area contributed by atoms with Gasteiger partial charge in [0.05, 0.1) is 9.75 Å². The Balaban J connectivity index is 5.16. The highest BCUT2D eigenvalue weighted by atomic mass is 33.7. The SMILES string of the molecule is CCC(C)C(SSSSC(C(C)CC)[Si](OC)(OC)OC)[Si](OC)(OC)OC. The lowest BCUT2D eigenvalue weighted by Gasteiger charge is -2.35. The standard InChI is InChI=1S/C16H38O6S4Si2/c1-11-13(3)15(27(17-5,18-6)19-7)23-25-26-24-16(14(4)12-2)28(20-8,21-9)22-10/h13-16H,11-12H2,1-10H3. The average Bonchev–Trinajstić information content (AvgIpc) is 2.75. The van der Waals surface area contributed by atoms with E-state index in [2.05, 4.69) is 27.7 Å². The summed E-state index contributed by atoms with van der Waals surface area (Å²) in [5.41, 5.74) is 0. The smallest absolute Gasteiger partial charge is 0.376 e. The summed E-state index contributed by atoms with van der Waals surface area (Å²) in [6.07, 6.45) is 2.06. The van der Waals surface area contributed by atoms with Crippen LogP contribution in [0.5, 0.6) is 0 Å². The molecule has 0 aromatic heterocycles. The van der Waals surface area contributed by atoms with Gasteiger partial charge in [0.1, 0.15) is 0 Å². The van der Waals surface area contributed by atoms with Crippen LogP contribution in [-0.4, -0.2) is 70.0 Å². The highest BCUT2D eigenvalue weighted by Gasteiger charge is 2.52. The molecule has 0 aliphatic carbocycles. The van der Waals surface area contributed by atoms with Crippen LogP contribution in [0.15, 0.2) is 0 Å². The molecule has 0 fully saturated rings. The molecule has 0 aromatic carbocycles. The highest BCUT2D eigenvalue weighted by Crippen LogP contribution is 2.52. The average molecular weight is 511 g/mol. The second kappa shape index (κ2) is 15.4. The fraction of sp³-hybridized carbons (Fsp3) is 1.00. The molecule has 6 nitrogen and oxygen atoms in total. The van der Waals surface area contributed by atoms with Crippen molar-refractivity contribution in [3.05, 3.63) is 0 Å². The van der Waals surface area contributed by atoms with Crippen LogP contribution in [0.4, 0.5) is 0 Å². The Kier molecular flexibility index (Phi) is 16.3. The molecule has 0 aliphatic rings. The fourth-order valence-corrected chi connectivity index (χ4v) is 20.6. The summed E-state index contributed by atoms with van der Waals surface area (Å²) in [7, 11) is 11.6. The quantitative estimate of drug-likeness (QED) is 0.146. The predicted octanol–water partition coefficient (Wildman–Crippen LogP) is 5.33. The molecule has 0 radical (unpaired) electrons. The molecule has 0 saturated heterocycles. The van der Waals surface area contributed by atoms with Crippen molar-refractivity contribution in [2.24, 2.45) is 11.8 Å². The van der Waals surface area contributed by atoms with Crippen molar-refractivity contribution in [2.45, 2.75) is 50.3 Å². The van der Waals surface area contributed by atoms with E-state index in [1.165, 1.54) is 0 Å². The first-order valence-corrected chi connectivity index (χ1v) is 17.8. The predicted molar refractivity (Wildman–Crippen MR) is 130 cm³/mol. The van der Waals surface area contributed by atoms with E-state index in [9.17, 15) is 0 Å². The van der Waals surface area contributed by atoms with Gasteiger partial charge in [0.25, 0.3) is 0 Å². The lowest BCUT2D eigenvalue weighted by molar-refractivity contribution is 0.115. The van der Waals surface area contributed by atoms with E-state index in [4.69, 9.17) is 26.6 Å². The van der Waals surface area contributed by atoms with E-state index in [0.29, 0.717) is 11.8 Å². The third-order valence-corrected chi connectivity index (χ3v) is 21.3. The topological polar surface area (TPSA) is 55.4 Å². The van der Waals surface area contributed by atoms with Gasteiger partial charge in [0.15, 0.2) is 0 Å². The van der Waals surface area contributed by atoms with Crippen molar-refractivity contribution in [1.29, 1.82) is 0 Å². The molecule has 0 spiro atoms. The molecule has 0 saturated carbocycles. The normalized spacial score (nSPS) is 17.4. The Labute approximate surface area is 189 Å². The minimum Gasteiger partial charge on any atom is -0.376 e. The van der Waals surface area contributed by atoms with Crippen LogP contribution in [0.25, 0.3) is 0 Å². The minimum atomic E-state index is -2.74. The van der Waals surface area contributed by atoms with E-state index in [0.717, 1.165) is 12.8 Å². The zero-order valence-corrected chi connectivity index (χ0v) is 24.1. The minimum absolute atomic E-state index is 0.145. The molecule has 4 unspecified atom stereocenters. The summed E-state index contributed by atoms with van der Waals surface area (Å²) in [6.45, 7) is 8.80. The fourth-order valence-electron chi connectivity index (χ4n) is 2.75. The first-order valence-electron chi connectivity index (χ1n) is 9.28. The van der Waals surface area contributed by atoms with Crippen molar-refractivity contribution in [1.82, 2.24) is 0 Å². The van der Waals surface area contributed by atoms with Crippen LogP contribution in [-0.2, 0) is 26.6 Å². The number of hydrogen-bond acceptors (Lipinski definition) is 10. The first kappa shape index (κ1) is 29.6. The maximum atomic E-state index is 5.75. The third kappa shape index (κ3) is 7.62. The molecule has 0 N–H and O–H groups in total. The molecule has 4 atom stereocenters. The third-order valence-electron chi connectivity index (χ3n) is 5.04. The molecule has 0 rings (SSSR count). The molecule has 170 valence electrons. The van der Waals surface area contributed by atoms with E-state index < -0.39 is 17.6 Å². The van der Waals surface area contributed by atoms with Crippen LogP contribution in [0, 0.1) is 11.8 Å². The van der Waals surface area contributed by atoms with Crippen molar-refractivity contribution in [2.75, 3.05) is 42.7 Å². The highest BCUT2D eigenvalue weighted by molar-refractivity contribution is 9.26. The summed E-state index contributed by atoms with van der Waals surface area (Å²) in [4.78, 5) is 0.291. The van der Waals surface area contributed by atoms with E-state index in [1.54, 1.807) is 83.9 Å². The maximum Gasteiger partial charge on any atom is 0.515 e. The lowest BCUT2D eigenvalue weighted by Crippen LogP contribution is -2.55. The molecule has 0 heterocycles. The van der Waals surface area contributed by atoms with Gasteiger partial charge in [0.2, 0.25) is 0 Å². The summed E-state index contributed by atoms with van der Waals surface area (Å²) in [6, 6.07) is 0. The second-order valence-electron chi connectivity index (χ2n) is 6.37. The monoisotopic (exact) mass is 510 g/mol. The Morgan fingerprint density at radius 3 is 1.00 bits per heavy atom. The zero-order valence-electron chi connectivity index (χ0n) is 18.8. The van der Waals surface area contributed by atoms with Crippen LogP contribution in [0.2, 0.25) is 0 Å². The van der Waals surface area contributed by atoms with Gasteiger partial charge in [-0.05, 0) is 31.5 Å². The number of hydrogen-bond donors (Lipinski definition) is 0. The van der Waals surface area contributed by atoms with E-state index >= 15 is 0 Å². The first-order chi connectivity index (χ1) is 13.3. The summed E-state index contributed by atoms with van der Waals surface area (Å²) in [5.74, 6) is 0.816. The molecular weight excluding hydrogens is 473 g/mol. The van der Waals surface area contributed by atoms with Crippen molar-refractivity contribution < 1.29 is 26.6 Å². The molecule has 0 amide bonds. The van der Waals surface area contributed by atoms with E-state index in [1.807, 2.05) is 0 Å². The molecule has 12 heteroatoms. The van der Waals surface area contributed by atoms with Gasteiger partial charge in [-0.2, -0.15) is 0 Å². The molecule has 0 aromatic rings. The van der Waals surface area contributed by atoms with Gasteiger partial charge >= 0.3 is 17.6 Å². The maximum absolute atomic E-state index is 5.75. The zero-order chi connectivity index (χ0) is 21.8. The molecule has 0 aliphatic heterocycles. The van der Waals surface area contributed by atoms with E-state index in [-0.39, 0.29) is 9.75 Å². The molecule has 0 bridgehead atoms. The summed E-state index contributed by atoms with van der Waals surface area (Å²) < 4.78 is 34.5. The lowest BCUT2D eigenvalue weighted by atomic mass is 10.2. The van der Waals surface area contributed by atoms with Crippen molar-refractivity contribution in [3.8, 4) is 0 Å². The Morgan fingerprint density at radius 2 is 0.821 bits per heavy atom. The van der Waals surface area contributed by atoms with Crippen LogP contribution < -0.4 is 0 Å². The van der Waals surface area contributed by atoms with Gasteiger partial charge in [-0.1, -0.05) is 62.1 Å². The molecule has 28 heavy (non-hydrogen) atoms. The van der Waals surface area contributed by atoms with Crippen molar-refractivity contribution >= 4 is 58.8 Å². The van der Waals surface area contributed by atoms with Gasteiger partial charge in [0, 0.05) is 42.7 Å². The van der Waals surface area contributed by atoms with Gasteiger partial charge in [-0.3, -0.25) is 0 Å². The van der Waals surface area contributed by atoms with Crippen LogP contribution in [0.1, 0.15) is 40.5 Å². The largest absolute Gasteiger partial charge is 0.515 e. The summed E-state index contributed by atoms with van der Waals surface area (Å²) in [5, 5.41) is 0. The van der Waals surface area contributed by atoms with Crippen LogP contribution in [0.3, 0.4) is 0 Å². The van der Waals surface area contributed by atoms with Crippen LogP contribution >= 0.6 is 41.2 Å². The van der Waals surface area contributed by atoms with Gasteiger partial charge < -0.3 is 26.6 Å². The molecular formula is C16H38O6S4Si2. The van der Waals surface area contributed by atoms with Crippen molar-refractivity contribution in [3.63, 3.8) is 0 Å². The second-order valence-corrected chi connectivity index (χ2v) is 19.4. The van der Waals surface area contributed by atoms with Gasteiger partial charge in [-0.15, -0.1) is 0 Å². The van der Waals surface area contributed by atoms with Gasteiger partial charge in [-0.25, -0.2) is 0 Å². The Hall–Kier alpha value is 1.59. The Bertz CT molecular complexity index is 353. The number of rotatable bonds is 17.